The van der Waals surface area contributed by atoms with E-state index in [-0.39, 0.29) is 35.4 Å². The molecule has 2 amide bonds. The molecule has 4 N–H and O–H groups in total. The fourth-order valence-electron chi connectivity index (χ4n) is 2.64. The monoisotopic (exact) mass is 497 g/mol. The number of nitrogens with two attached hydrogens (primary N) is 1. The van der Waals surface area contributed by atoms with E-state index in [1.165, 1.54) is 53.4 Å². The summed E-state index contributed by atoms with van der Waals surface area (Å²) in [7, 11) is -3.82. The summed E-state index contributed by atoms with van der Waals surface area (Å²) in [4.78, 5) is 26.4. The molecule has 12 heteroatoms. The fourth-order valence-corrected chi connectivity index (χ4v) is 4.64. The van der Waals surface area contributed by atoms with E-state index in [0.29, 0.717) is 25.5 Å². The summed E-state index contributed by atoms with van der Waals surface area (Å²) in [5, 5.41) is 18.0. The maximum Gasteiger partial charge on any atom is 0.266 e. The first kappa shape index (κ1) is 23.2. The van der Waals surface area contributed by atoms with E-state index in [1.807, 2.05) is 0 Å². The van der Waals surface area contributed by atoms with Crippen molar-refractivity contribution in [2.45, 2.75) is 11.3 Å². The van der Waals surface area contributed by atoms with Gasteiger partial charge in [-0.25, -0.2) is 13.6 Å². The van der Waals surface area contributed by atoms with Gasteiger partial charge in [0.1, 0.15) is 10.1 Å². The molecular weight excluding hydrogens is 482 g/mol. The minimum atomic E-state index is -3.82. The topological polar surface area (TPSA) is 130 Å². The first-order valence-corrected chi connectivity index (χ1v) is 11.9. The number of thioether (sulfide) groups is 1. The quantitative estimate of drug-likeness (QED) is 0.413. The van der Waals surface area contributed by atoms with Crippen LogP contribution in [0.15, 0.2) is 52.3 Å². The van der Waals surface area contributed by atoms with E-state index in [9.17, 15) is 23.1 Å². The van der Waals surface area contributed by atoms with Gasteiger partial charge in [-0.05, 0) is 48.5 Å². The minimum Gasteiger partial charge on any atom is -0.507 e. The van der Waals surface area contributed by atoms with Crippen molar-refractivity contribution >= 4 is 73.5 Å². The Kier molecular flexibility index (Phi) is 7.02. The van der Waals surface area contributed by atoms with E-state index in [4.69, 9.17) is 29.0 Å². The van der Waals surface area contributed by atoms with E-state index >= 15 is 0 Å². The summed E-state index contributed by atoms with van der Waals surface area (Å²) in [5.41, 5.74) is 0.771. The highest BCUT2D eigenvalue weighted by Gasteiger charge is 2.32. The third kappa shape index (κ3) is 5.83. The molecule has 0 saturated carbocycles. The molecule has 2 aromatic carbocycles. The highest BCUT2D eigenvalue weighted by molar-refractivity contribution is 8.26. The lowest BCUT2D eigenvalue weighted by molar-refractivity contribution is -0.122. The molecule has 1 fully saturated rings. The van der Waals surface area contributed by atoms with Gasteiger partial charge in [-0.3, -0.25) is 14.5 Å². The van der Waals surface area contributed by atoms with Crippen molar-refractivity contribution in [1.29, 1.82) is 0 Å². The number of amides is 2. The molecular formula is C19H16ClN3O5S3. The lowest BCUT2D eigenvalue weighted by Crippen LogP contribution is -2.31. The first-order chi connectivity index (χ1) is 14.5. The van der Waals surface area contributed by atoms with Gasteiger partial charge in [0.2, 0.25) is 15.9 Å². The molecule has 162 valence electrons. The Morgan fingerprint density at radius 3 is 2.58 bits per heavy atom. The Morgan fingerprint density at radius 2 is 1.94 bits per heavy atom. The molecule has 0 aliphatic carbocycles. The predicted octanol–water partition coefficient (Wildman–Crippen LogP) is 2.92. The normalized spacial score (nSPS) is 15.5. The number of anilines is 1. The number of nitrogens with one attached hydrogen (secondary N) is 1. The molecule has 8 nitrogen and oxygen atoms in total. The van der Waals surface area contributed by atoms with Crippen LogP contribution in [0.2, 0.25) is 5.02 Å². The third-order valence-corrected chi connectivity index (χ3v) is 6.72. The number of sulfonamides is 1. The largest absolute Gasteiger partial charge is 0.507 e. The van der Waals surface area contributed by atoms with Gasteiger partial charge in [0.25, 0.3) is 5.91 Å². The molecule has 1 saturated heterocycles. The molecule has 2 aromatic rings. The highest BCUT2D eigenvalue weighted by atomic mass is 35.5. The van der Waals surface area contributed by atoms with Gasteiger partial charge in [0.05, 0.1) is 9.80 Å². The van der Waals surface area contributed by atoms with Crippen molar-refractivity contribution < 1.29 is 23.1 Å². The number of aromatic hydroxyl groups is 1. The summed E-state index contributed by atoms with van der Waals surface area (Å²) in [6.45, 7) is 0.0601. The standard InChI is InChI=1S/C19H16ClN3O5S3/c20-12-1-6-15(24)11(9-12)10-16-18(26)23(19(29)30-16)8-7-17(25)22-13-2-4-14(5-3-13)31(21,27)28/h1-6,9-10,24H,7-8H2,(H,22,25)(H2,21,27,28)/b16-10-. The SMILES string of the molecule is NS(=O)(=O)c1ccc(NC(=O)CCN2C(=O)/C(=C/c3cc(Cl)ccc3O)SC2=S)cc1. The van der Waals surface area contributed by atoms with Crippen LogP contribution >= 0.6 is 35.6 Å². The van der Waals surface area contributed by atoms with Crippen molar-refractivity contribution in [2.24, 2.45) is 5.14 Å². The summed E-state index contributed by atoms with van der Waals surface area (Å²) in [5.74, 6) is -0.781. The molecule has 31 heavy (non-hydrogen) atoms. The van der Waals surface area contributed by atoms with Gasteiger partial charge in [-0.15, -0.1) is 0 Å². The lowest BCUT2D eigenvalue weighted by Gasteiger charge is -2.14. The molecule has 0 aromatic heterocycles. The summed E-state index contributed by atoms with van der Waals surface area (Å²) in [6, 6.07) is 9.87. The van der Waals surface area contributed by atoms with Gasteiger partial charge in [-0.1, -0.05) is 35.6 Å². The summed E-state index contributed by atoms with van der Waals surface area (Å²) < 4.78 is 22.8. The number of carbonyl (C=O) groups excluding carboxylic acids is 2. The summed E-state index contributed by atoms with van der Waals surface area (Å²) in [6.07, 6.45) is 1.46. The number of nitrogens with zero attached hydrogens (tertiary/aromatic N) is 1. The Morgan fingerprint density at radius 1 is 1.26 bits per heavy atom. The molecule has 1 aliphatic heterocycles. The Hall–Kier alpha value is -2.44. The van der Waals surface area contributed by atoms with Crippen molar-refractivity contribution in [2.75, 3.05) is 11.9 Å². The highest BCUT2D eigenvalue weighted by Crippen LogP contribution is 2.34. The third-order valence-electron chi connectivity index (χ3n) is 4.18. The van der Waals surface area contributed by atoms with E-state index in [0.717, 1.165) is 11.8 Å². The number of benzene rings is 2. The number of primary sulfonamides is 1. The number of hydrogen-bond donors (Lipinski definition) is 3. The van der Waals surface area contributed by atoms with Gasteiger partial charge < -0.3 is 10.4 Å². The molecule has 0 unspecified atom stereocenters. The molecule has 0 spiro atoms. The number of phenols is 1. The van der Waals surface area contributed by atoms with Gasteiger partial charge in [-0.2, -0.15) is 0 Å². The second-order valence-corrected chi connectivity index (χ2v) is 10.1. The number of rotatable bonds is 6. The van der Waals surface area contributed by atoms with Crippen LogP contribution in [0.25, 0.3) is 6.08 Å². The Bertz CT molecular complexity index is 1200. The number of hydrogen-bond acceptors (Lipinski definition) is 7. The van der Waals surface area contributed by atoms with Crippen LogP contribution in [0.3, 0.4) is 0 Å². The second kappa shape index (κ2) is 9.37. The van der Waals surface area contributed by atoms with Crippen LogP contribution in [-0.4, -0.2) is 41.1 Å². The molecule has 1 heterocycles. The molecule has 1 aliphatic rings. The van der Waals surface area contributed by atoms with Gasteiger partial charge in [0, 0.05) is 29.2 Å². The van der Waals surface area contributed by atoms with Crippen molar-refractivity contribution in [1.82, 2.24) is 4.90 Å². The van der Waals surface area contributed by atoms with Crippen LogP contribution in [0, 0.1) is 0 Å². The van der Waals surface area contributed by atoms with E-state index < -0.39 is 10.0 Å². The number of thiocarbonyl (C=S) groups is 1. The maximum atomic E-state index is 12.7. The predicted molar refractivity (Wildman–Crippen MR) is 124 cm³/mol. The van der Waals surface area contributed by atoms with Crippen molar-refractivity contribution in [3.05, 3.63) is 58.0 Å². The molecule has 0 bridgehead atoms. The maximum absolute atomic E-state index is 12.7. The van der Waals surface area contributed by atoms with Gasteiger partial charge >= 0.3 is 0 Å². The van der Waals surface area contributed by atoms with Crippen LogP contribution in [0.1, 0.15) is 12.0 Å². The Balaban J connectivity index is 1.62. The van der Waals surface area contributed by atoms with Crippen LogP contribution < -0.4 is 10.5 Å². The van der Waals surface area contributed by atoms with Crippen molar-refractivity contribution in [3.8, 4) is 5.75 Å². The fraction of sp³-hybridized carbons (Fsp3) is 0.105. The van der Waals surface area contributed by atoms with Crippen LogP contribution in [-0.2, 0) is 19.6 Å². The minimum absolute atomic E-state index is 0.0255. The molecule has 3 rings (SSSR count). The van der Waals surface area contributed by atoms with Gasteiger partial charge in [0.15, 0.2) is 0 Å². The summed E-state index contributed by atoms with van der Waals surface area (Å²) >= 11 is 12.2. The zero-order chi connectivity index (χ0) is 22.8. The van der Waals surface area contributed by atoms with Crippen LogP contribution in [0.5, 0.6) is 5.75 Å². The first-order valence-electron chi connectivity index (χ1n) is 8.71. The van der Waals surface area contributed by atoms with Crippen molar-refractivity contribution in [3.63, 3.8) is 0 Å². The Labute approximate surface area is 193 Å². The number of phenolic OH excluding ortho intramolecular Hbond substituents is 1. The lowest BCUT2D eigenvalue weighted by atomic mass is 10.2. The molecule has 0 radical (unpaired) electrons. The number of halogens is 1. The molecule has 0 atom stereocenters. The smallest absolute Gasteiger partial charge is 0.266 e. The zero-order valence-corrected chi connectivity index (χ0v) is 18.9. The second-order valence-electron chi connectivity index (χ2n) is 6.40. The number of carbonyl (C=O) groups is 2. The van der Waals surface area contributed by atoms with E-state index in [1.54, 1.807) is 0 Å². The zero-order valence-electron chi connectivity index (χ0n) is 15.7. The van der Waals surface area contributed by atoms with Crippen LogP contribution in [0.4, 0.5) is 5.69 Å². The average molecular weight is 498 g/mol. The average Bonchev–Trinajstić information content (AvgIpc) is 2.95. The van der Waals surface area contributed by atoms with E-state index in [2.05, 4.69) is 5.32 Å².